The van der Waals surface area contributed by atoms with E-state index in [0.29, 0.717) is 0 Å². The number of nitrogens with zero attached hydrogens (tertiary/aromatic N) is 4. The molecule has 0 spiro atoms. The predicted octanol–water partition coefficient (Wildman–Crippen LogP) is 2.42. The third kappa shape index (κ3) is 7.57. The molecule has 0 saturated carbocycles. The molecule has 1 aliphatic rings. The molecule has 50 heavy (non-hydrogen) atoms. The van der Waals surface area contributed by atoms with Gasteiger partial charge in [0.15, 0.2) is 12.3 Å². The van der Waals surface area contributed by atoms with Crippen LogP contribution >= 0.6 is 7.75 Å². The van der Waals surface area contributed by atoms with Gasteiger partial charge in [0.05, 0.1) is 30.1 Å². The Bertz CT molecular complexity index is 2190. The van der Waals surface area contributed by atoms with Gasteiger partial charge in [-0.2, -0.15) is 4.98 Å². The molecule has 1 unspecified atom stereocenters. The van der Waals surface area contributed by atoms with Gasteiger partial charge in [0.1, 0.15) is 18.2 Å². The number of nitrogens with two attached hydrogens (primary N) is 1. The normalized spacial score (nSPS) is 18.3. The summed E-state index contributed by atoms with van der Waals surface area (Å²) in [4.78, 5) is 49.0. The monoisotopic (exact) mass is 701 g/mol. The summed E-state index contributed by atoms with van der Waals surface area (Å²) in [6.45, 7) is 0.788. The van der Waals surface area contributed by atoms with E-state index in [4.69, 9.17) is 19.7 Å². The molecule has 3 aromatic heterocycles. The molecule has 4 atom stereocenters. The fourth-order valence-corrected chi connectivity index (χ4v) is 6.61. The lowest BCUT2D eigenvalue weighted by molar-refractivity contribution is -0.205. The van der Waals surface area contributed by atoms with Gasteiger partial charge in [-0.05, 0) is 36.8 Å². The summed E-state index contributed by atoms with van der Waals surface area (Å²) >= 11 is 0. The minimum Gasteiger partial charge on any atom is -0.761 e. The van der Waals surface area contributed by atoms with Crippen LogP contribution in [0.15, 0.2) is 71.9 Å². The number of carbonyl (C=O) groups excluding carboxylic acids is 1. The Labute approximate surface area is 285 Å². The van der Waals surface area contributed by atoms with Gasteiger partial charge in [-0.25, -0.2) is 4.98 Å². The van der Waals surface area contributed by atoms with Crippen LogP contribution in [-0.4, -0.2) is 67.4 Å². The number of hydrogen-bond donors (Lipinski definition) is 5. The summed E-state index contributed by atoms with van der Waals surface area (Å²) in [5.41, 5.74) is 8.86. The van der Waals surface area contributed by atoms with E-state index in [0.717, 1.165) is 27.0 Å². The summed E-state index contributed by atoms with van der Waals surface area (Å²) in [7, 11) is -2.74. The molecule has 17 heteroatoms. The average molecular weight is 702 g/mol. The van der Waals surface area contributed by atoms with Crippen molar-refractivity contribution < 1.29 is 33.4 Å². The van der Waals surface area contributed by atoms with E-state index in [1.807, 2.05) is 55.6 Å². The molecule has 1 aliphatic heterocycles. The van der Waals surface area contributed by atoms with Gasteiger partial charge in [0, 0.05) is 49.1 Å². The molecule has 1 saturated heterocycles. The number of nitrogens with one attached hydrogen (secondary N) is 3. The summed E-state index contributed by atoms with van der Waals surface area (Å²) < 4.78 is 31.5. The number of anilines is 4. The van der Waals surface area contributed by atoms with Gasteiger partial charge >= 0.3 is 5.97 Å². The first-order chi connectivity index (χ1) is 24.0. The van der Waals surface area contributed by atoms with E-state index in [1.165, 1.54) is 30.1 Å². The molecule has 4 heterocycles. The van der Waals surface area contributed by atoms with Crippen LogP contribution in [0.1, 0.15) is 29.6 Å². The van der Waals surface area contributed by atoms with E-state index in [-0.39, 0.29) is 47.8 Å². The van der Waals surface area contributed by atoms with Gasteiger partial charge < -0.3 is 44.9 Å². The third-order valence-corrected chi connectivity index (χ3v) is 9.42. The molecule has 2 aromatic carbocycles. The predicted molar refractivity (Wildman–Crippen MR) is 182 cm³/mol. The Morgan fingerprint density at radius 3 is 2.80 bits per heavy atom. The number of aliphatic hydroxyl groups is 1. The zero-order valence-corrected chi connectivity index (χ0v) is 27.9. The lowest BCUT2D eigenvalue weighted by Crippen LogP contribution is -2.28. The third-order valence-electron chi connectivity index (χ3n) is 8.00. The highest BCUT2D eigenvalue weighted by atomic mass is 31.2. The fraction of sp³-hybridized carbons (Fsp3) is 0.273. The Balaban J connectivity index is 1.14. The van der Waals surface area contributed by atoms with E-state index >= 15 is 0 Å². The van der Waals surface area contributed by atoms with Crippen LogP contribution in [0.3, 0.4) is 0 Å². The van der Waals surface area contributed by atoms with Crippen molar-refractivity contribution in [2.75, 3.05) is 36.6 Å². The number of aromatic nitrogens is 5. The molecule has 0 amide bonds. The zero-order chi connectivity index (χ0) is 35.4. The number of H-pyrrole nitrogens is 1. The number of carbonyl (C=O) groups is 1. The van der Waals surface area contributed by atoms with Gasteiger partial charge in [-0.1, -0.05) is 36.1 Å². The summed E-state index contributed by atoms with van der Waals surface area (Å²) in [6.07, 6.45) is 1.12. The lowest BCUT2D eigenvalue weighted by atomic mass is 10.1. The van der Waals surface area contributed by atoms with Gasteiger partial charge in [-0.3, -0.25) is 23.5 Å². The van der Waals surface area contributed by atoms with Crippen molar-refractivity contribution in [2.24, 2.45) is 0 Å². The molecule has 0 aliphatic carbocycles. The Kier molecular flexibility index (Phi) is 10.0. The van der Waals surface area contributed by atoms with Gasteiger partial charge in [0.25, 0.3) is 5.56 Å². The van der Waals surface area contributed by atoms with Crippen molar-refractivity contribution in [1.29, 1.82) is 0 Å². The van der Waals surface area contributed by atoms with Crippen molar-refractivity contribution in [3.05, 3.63) is 94.4 Å². The first-order valence-corrected chi connectivity index (χ1v) is 17.0. The molecule has 260 valence electrons. The second-order valence-electron chi connectivity index (χ2n) is 11.4. The number of fused-ring (bicyclic) bond motifs is 1. The molecule has 5 aromatic rings. The van der Waals surface area contributed by atoms with Crippen LogP contribution in [0, 0.1) is 18.8 Å². The molecule has 1 fully saturated rings. The van der Waals surface area contributed by atoms with E-state index in [1.54, 1.807) is 0 Å². The van der Waals surface area contributed by atoms with Crippen LogP contribution in [0.5, 0.6) is 0 Å². The van der Waals surface area contributed by atoms with Crippen molar-refractivity contribution in [3.8, 4) is 11.8 Å². The number of aliphatic hydroxyl groups excluding tert-OH is 1. The quantitative estimate of drug-likeness (QED) is 0.0759. The smallest absolute Gasteiger partial charge is 0.311 e. The molecule has 16 nitrogen and oxygen atoms in total. The van der Waals surface area contributed by atoms with Gasteiger partial charge in [-0.15, -0.1) is 0 Å². The number of para-hydroxylation sites is 1. The number of hydrogen-bond acceptors (Lipinski definition) is 13. The lowest BCUT2D eigenvalue weighted by Gasteiger charge is -2.27. The van der Waals surface area contributed by atoms with Crippen LogP contribution in [0.4, 0.5) is 23.0 Å². The SMILES string of the molecule is CNc1ccc(CC(=O)OCC#Cc2cn([C@H]3C[C@@H](O)[C@@H](COP(=O)([O-])n4ccnc4C)O3)c3nc(N)[nH]c(=O)c23)c(Nc2ccccc2)c1. The minimum atomic E-state index is -4.55. The van der Waals surface area contributed by atoms with E-state index in [9.17, 15) is 24.2 Å². The number of esters is 1. The summed E-state index contributed by atoms with van der Waals surface area (Å²) in [5, 5.41) is 17.2. The highest BCUT2D eigenvalue weighted by Crippen LogP contribution is 2.41. The fourth-order valence-electron chi connectivity index (χ4n) is 5.52. The Morgan fingerprint density at radius 1 is 1.26 bits per heavy atom. The van der Waals surface area contributed by atoms with Crippen LogP contribution in [0.25, 0.3) is 11.0 Å². The second-order valence-corrected chi connectivity index (χ2v) is 13.0. The van der Waals surface area contributed by atoms with Crippen molar-refractivity contribution in [3.63, 3.8) is 0 Å². The van der Waals surface area contributed by atoms with Gasteiger partial charge in [0.2, 0.25) is 13.7 Å². The first-order valence-electron chi connectivity index (χ1n) is 15.5. The van der Waals surface area contributed by atoms with Crippen molar-refractivity contribution >= 4 is 47.8 Å². The number of imidazole rings is 1. The topological polar surface area (TPSA) is 224 Å². The molecule has 0 bridgehead atoms. The summed E-state index contributed by atoms with van der Waals surface area (Å²) in [5.74, 6) is 5.19. The molecule has 6 rings (SSSR count). The number of ether oxygens (including phenoxy) is 2. The largest absolute Gasteiger partial charge is 0.761 e. The van der Waals surface area contributed by atoms with Crippen molar-refractivity contribution in [1.82, 2.24) is 23.9 Å². The standard InChI is InChI=1S/C33H35N8O8P/c1-20-36-12-13-41(20)50(45,46)48-19-27-26(42)17-28(49-27)40-18-22(30-31(40)38-33(34)39-32(30)44)7-6-14-47-29(43)15-21-10-11-24(35-2)16-25(21)37-23-8-4-3-5-9-23/h3-5,8-13,16,18,26-28,35,37,42H,14-15,17,19H2,1-2H3,(H,45,46)(H3,34,38,39,44)/p-1/t26-,27-,28-/m1/s1. The first kappa shape index (κ1) is 34.4. The number of rotatable bonds is 11. The highest BCUT2D eigenvalue weighted by Gasteiger charge is 2.37. The van der Waals surface area contributed by atoms with E-state index in [2.05, 4.69) is 37.4 Å². The number of aromatic amines is 1. The second kappa shape index (κ2) is 14.6. The Hall–Kier alpha value is -5.43. The zero-order valence-electron chi connectivity index (χ0n) is 27.0. The average Bonchev–Trinajstić information content (AvgIpc) is 3.80. The number of aryl methyl sites for hydroxylation is 1. The van der Waals surface area contributed by atoms with Crippen LogP contribution < -0.4 is 26.8 Å². The maximum Gasteiger partial charge on any atom is 0.311 e. The van der Waals surface area contributed by atoms with E-state index < -0.39 is 44.3 Å². The minimum absolute atomic E-state index is 0.0149. The molecule has 6 N–H and O–H groups in total. The maximum atomic E-state index is 12.9. The maximum absolute atomic E-state index is 12.9. The van der Waals surface area contributed by atoms with Crippen LogP contribution in [0.2, 0.25) is 0 Å². The van der Waals surface area contributed by atoms with Crippen LogP contribution in [-0.2, 0) is 29.8 Å². The molecular weight excluding hydrogens is 667 g/mol. The Morgan fingerprint density at radius 2 is 2.06 bits per heavy atom. The number of nitrogen functional groups attached to an aromatic ring is 1. The van der Waals surface area contributed by atoms with Crippen molar-refractivity contribution in [2.45, 2.75) is 38.2 Å². The summed E-state index contributed by atoms with van der Waals surface area (Å²) in [6, 6.07) is 15.2. The highest BCUT2D eigenvalue weighted by molar-refractivity contribution is 7.49. The number of benzene rings is 2. The molecule has 0 radical (unpaired) electrons. The molecular formula is C33H34N8O8P-.